The van der Waals surface area contributed by atoms with E-state index in [-0.39, 0.29) is 12.5 Å². The van der Waals surface area contributed by atoms with Gasteiger partial charge in [0.05, 0.1) is 25.4 Å². The monoisotopic (exact) mass is 1150 g/mol. The molecule has 1 aliphatic rings. The van der Waals surface area contributed by atoms with Gasteiger partial charge in [0.15, 0.2) is 6.29 Å². The van der Waals surface area contributed by atoms with Gasteiger partial charge in [0, 0.05) is 6.42 Å². The minimum atomic E-state index is -1.57. The van der Waals surface area contributed by atoms with Gasteiger partial charge in [-0.3, -0.25) is 4.79 Å². The fourth-order valence-corrected chi connectivity index (χ4v) is 10.3. The van der Waals surface area contributed by atoms with Crippen LogP contribution in [0.25, 0.3) is 0 Å². The summed E-state index contributed by atoms with van der Waals surface area (Å²) < 4.78 is 11.3. The Morgan fingerprint density at radius 2 is 0.756 bits per heavy atom. The molecule has 1 saturated heterocycles. The molecule has 0 radical (unpaired) electrons. The number of hydrogen-bond acceptors (Lipinski definition) is 8. The molecule has 1 heterocycles. The van der Waals surface area contributed by atoms with Crippen LogP contribution in [0.3, 0.4) is 0 Å². The standard InChI is InChI=1S/C73H127NO8/c1-3-5-7-9-11-13-15-17-19-21-23-25-27-29-31-33-34-35-37-39-41-43-45-47-49-51-53-55-57-59-61-63-69(77)74-66(65-81-73-72(80)71(79)70(78)68(64-75)82-73)67(76)62-60-58-56-54-52-50-48-46-44-42-40-38-36-32-30-28-26-24-22-20-18-16-14-12-10-8-6-4-2/h5,7,11,13,17,19,23,25,29,31,34-35,39,41,45,47,51,53,66-68,70-73,75-76,78-80H,3-4,6,8-10,12,14-16,18,20-22,24,26-28,30,32-33,36-38,40,42-44,46,48-50,52,54-65H2,1-2H3,(H,74,77)/b7-5-,13-11-,19-17-,25-23-,31-29-,35-34-,41-39-,47-45-,53-51-. The van der Waals surface area contributed by atoms with E-state index in [1.54, 1.807) is 0 Å². The van der Waals surface area contributed by atoms with Gasteiger partial charge in [-0.15, -0.1) is 0 Å². The second-order valence-corrected chi connectivity index (χ2v) is 23.2. The zero-order chi connectivity index (χ0) is 59.3. The molecular formula is C73H127NO8. The number of hydrogen-bond donors (Lipinski definition) is 6. The van der Waals surface area contributed by atoms with Crippen LogP contribution in [-0.4, -0.2) is 87.5 Å². The highest BCUT2D eigenvalue weighted by molar-refractivity contribution is 5.76. The third kappa shape index (κ3) is 49.1. The second kappa shape index (κ2) is 61.0. The van der Waals surface area contributed by atoms with Crippen molar-refractivity contribution in [2.24, 2.45) is 0 Å². The maximum atomic E-state index is 13.1. The van der Waals surface area contributed by atoms with E-state index in [1.807, 2.05) is 0 Å². The van der Waals surface area contributed by atoms with Crippen LogP contribution in [-0.2, 0) is 14.3 Å². The van der Waals surface area contributed by atoms with Crippen LogP contribution in [0.4, 0.5) is 0 Å². The van der Waals surface area contributed by atoms with E-state index in [4.69, 9.17) is 9.47 Å². The SMILES string of the molecule is CC/C=C\C/C=C\C/C=C\C/C=C\C/C=C\C/C=C\C/C=C\C/C=C\C/C=C\CCCCCC(=O)NC(COC1OC(CO)C(O)C(O)C1O)C(O)CCCCCCCCCCCCCCCCCCCCCCCCCCCCCC. The molecule has 0 aromatic carbocycles. The molecule has 1 rings (SSSR count). The van der Waals surface area contributed by atoms with Crippen LogP contribution >= 0.6 is 0 Å². The van der Waals surface area contributed by atoms with Gasteiger partial charge in [-0.1, -0.05) is 309 Å². The Bertz CT molecular complexity index is 1660. The Hall–Kier alpha value is -3.15. The van der Waals surface area contributed by atoms with Crippen molar-refractivity contribution in [1.29, 1.82) is 0 Å². The maximum Gasteiger partial charge on any atom is 0.220 e. The van der Waals surface area contributed by atoms with Crippen molar-refractivity contribution in [3.63, 3.8) is 0 Å². The summed E-state index contributed by atoms with van der Waals surface area (Å²) in [5.74, 6) is -0.177. The number of rotatable bonds is 58. The summed E-state index contributed by atoms with van der Waals surface area (Å²) in [7, 11) is 0. The van der Waals surface area contributed by atoms with Gasteiger partial charge in [-0.05, 0) is 83.5 Å². The Labute approximate surface area is 504 Å². The fraction of sp³-hybridized carbons (Fsp3) is 0.740. The van der Waals surface area contributed by atoms with Crippen molar-refractivity contribution in [1.82, 2.24) is 5.32 Å². The predicted molar refractivity (Wildman–Crippen MR) is 350 cm³/mol. The molecule has 1 amide bonds. The molecular weight excluding hydrogens is 1020 g/mol. The number of ether oxygens (including phenoxy) is 2. The van der Waals surface area contributed by atoms with E-state index in [1.165, 1.54) is 161 Å². The average molecular weight is 1150 g/mol. The predicted octanol–water partition coefficient (Wildman–Crippen LogP) is 18.5. The van der Waals surface area contributed by atoms with Gasteiger partial charge in [-0.2, -0.15) is 0 Å². The van der Waals surface area contributed by atoms with Gasteiger partial charge in [-0.25, -0.2) is 0 Å². The van der Waals surface area contributed by atoms with Crippen molar-refractivity contribution in [2.75, 3.05) is 13.2 Å². The van der Waals surface area contributed by atoms with E-state index in [9.17, 15) is 30.3 Å². The summed E-state index contributed by atoms with van der Waals surface area (Å²) in [6.07, 6.45) is 82.8. The number of aliphatic hydroxyl groups is 5. The third-order valence-electron chi connectivity index (χ3n) is 15.6. The van der Waals surface area contributed by atoms with Crippen LogP contribution in [0.5, 0.6) is 0 Å². The number of nitrogens with one attached hydrogen (secondary N) is 1. The maximum absolute atomic E-state index is 13.1. The van der Waals surface area contributed by atoms with Gasteiger partial charge in [0.25, 0.3) is 0 Å². The zero-order valence-corrected chi connectivity index (χ0v) is 52.7. The molecule has 0 aromatic rings. The molecule has 0 spiro atoms. The normalized spacial score (nSPS) is 19.0. The minimum absolute atomic E-state index is 0.158. The lowest BCUT2D eigenvalue weighted by Gasteiger charge is -2.40. The Morgan fingerprint density at radius 1 is 0.427 bits per heavy atom. The lowest BCUT2D eigenvalue weighted by atomic mass is 9.99. The van der Waals surface area contributed by atoms with E-state index < -0.39 is 49.5 Å². The van der Waals surface area contributed by atoms with Gasteiger partial charge in [0.2, 0.25) is 5.91 Å². The highest BCUT2D eigenvalue weighted by atomic mass is 16.7. The van der Waals surface area contributed by atoms with E-state index in [2.05, 4.69) is 129 Å². The van der Waals surface area contributed by atoms with Crippen molar-refractivity contribution in [2.45, 2.75) is 333 Å². The van der Waals surface area contributed by atoms with Crippen molar-refractivity contribution >= 4 is 5.91 Å². The fourth-order valence-electron chi connectivity index (χ4n) is 10.3. The average Bonchev–Trinajstić information content (AvgIpc) is 3.52. The highest BCUT2D eigenvalue weighted by Gasteiger charge is 2.44. The first-order valence-electron chi connectivity index (χ1n) is 34.1. The molecule has 1 aliphatic heterocycles. The molecule has 472 valence electrons. The molecule has 6 N–H and O–H groups in total. The minimum Gasteiger partial charge on any atom is -0.394 e. The topological polar surface area (TPSA) is 149 Å². The number of carbonyl (C=O) groups excluding carboxylic acids is 1. The number of aliphatic hydroxyl groups excluding tert-OH is 5. The summed E-state index contributed by atoms with van der Waals surface area (Å²) in [6.45, 7) is 3.73. The van der Waals surface area contributed by atoms with E-state index >= 15 is 0 Å². The van der Waals surface area contributed by atoms with Crippen LogP contribution < -0.4 is 5.32 Å². The molecule has 9 heteroatoms. The molecule has 82 heavy (non-hydrogen) atoms. The van der Waals surface area contributed by atoms with Gasteiger partial charge in [0.1, 0.15) is 24.4 Å². The number of amides is 1. The Balaban J connectivity index is 2.19. The summed E-state index contributed by atoms with van der Waals surface area (Å²) in [4.78, 5) is 13.1. The lowest BCUT2D eigenvalue weighted by Crippen LogP contribution is -2.60. The quantitative estimate of drug-likeness (QED) is 0.0261. The van der Waals surface area contributed by atoms with Crippen LogP contribution in [0.15, 0.2) is 109 Å². The summed E-state index contributed by atoms with van der Waals surface area (Å²) >= 11 is 0. The molecule has 9 nitrogen and oxygen atoms in total. The van der Waals surface area contributed by atoms with Crippen LogP contribution in [0, 0.1) is 0 Å². The first-order valence-corrected chi connectivity index (χ1v) is 34.1. The van der Waals surface area contributed by atoms with Crippen molar-refractivity contribution in [3.8, 4) is 0 Å². The zero-order valence-electron chi connectivity index (χ0n) is 52.7. The largest absolute Gasteiger partial charge is 0.394 e. The first-order chi connectivity index (χ1) is 40.3. The summed E-state index contributed by atoms with van der Waals surface area (Å²) in [5.41, 5.74) is 0. The van der Waals surface area contributed by atoms with Crippen LogP contribution in [0.2, 0.25) is 0 Å². The second-order valence-electron chi connectivity index (χ2n) is 23.2. The number of allylic oxidation sites excluding steroid dienone is 18. The Kier molecular flexibility index (Phi) is 57.1. The summed E-state index contributed by atoms with van der Waals surface area (Å²) in [5, 5.41) is 54.9. The third-order valence-corrected chi connectivity index (χ3v) is 15.6. The summed E-state index contributed by atoms with van der Waals surface area (Å²) in [6, 6.07) is -0.747. The lowest BCUT2D eigenvalue weighted by molar-refractivity contribution is -0.302. The molecule has 0 saturated carbocycles. The molecule has 1 fully saturated rings. The Morgan fingerprint density at radius 3 is 1.11 bits per heavy atom. The molecule has 0 aliphatic carbocycles. The highest BCUT2D eigenvalue weighted by Crippen LogP contribution is 2.23. The van der Waals surface area contributed by atoms with Crippen LogP contribution in [0.1, 0.15) is 290 Å². The first kappa shape index (κ1) is 76.9. The van der Waals surface area contributed by atoms with E-state index in [0.29, 0.717) is 12.8 Å². The number of unbranched alkanes of at least 4 members (excludes halogenated alkanes) is 30. The van der Waals surface area contributed by atoms with E-state index in [0.717, 1.165) is 103 Å². The smallest absolute Gasteiger partial charge is 0.220 e. The van der Waals surface area contributed by atoms with Crippen molar-refractivity contribution in [3.05, 3.63) is 109 Å². The molecule has 0 bridgehead atoms. The van der Waals surface area contributed by atoms with Crippen molar-refractivity contribution < 1.29 is 39.8 Å². The van der Waals surface area contributed by atoms with Gasteiger partial charge < -0.3 is 40.3 Å². The molecule has 7 unspecified atom stereocenters. The molecule has 0 aromatic heterocycles. The van der Waals surface area contributed by atoms with Gasteiger partial charge >= 0.3 is 0 Å². The number of carbonyl (C=O) groups is 1. The molecule has 7 atom stereocenters.